The van der Waals surface area contributed by atoms with E-state index in [9.17, 15) is 4.79 Å². The quantitative estimate of drug-likeness (QED) is 0.907. The van der Waals surface area contributed by atoms with Crippen LogP contribution in [0, 0.1) is 5.92 Å². The van der Waals surface area contributed by atoms with E-state index in [-0.39, 0.29) is 12.0 Å². The minimum atomic E-state index is -0.678. The lowest BCUT2D eigenvalue weighted by molar-refractivity contribution is -0.143. The molecule has 1 aliphatic heterocycles. The van der Waals surface area contributed by atoms with E-state index in [0.717, 1.165) is 25.1 Å². The van der Waals surface area contributed by atoms with Crippen molar-refractivity contribution in [2.45, 2.75) is 25.8 Å². The summed E-state index contributed by atoms with van der Waals surface area (Å²) in [6, 6.07) is 8.21. The zero-order valence-electron chi connectivity index (χ0n) is 11.5. The van der Waals surface area contributed by atoms with Crippen LogP contribution in [-0.4, -0.2) is 36.2 Å². The molecule has 0 saturated carbocycles. The molecule has 0 radical (unpaired) electrons. The maximum Gasteiger partial charge on any atom is 0.307 e. The molecule has 1 heterocycles. The second-order valence-corrected chi connectivity index (χ2v) is 5.12. The second kappa shape index (κ2) is 6.06. The van der Waals surface area contributed by atoms with E-state index in [1.165, 1.54) is 5.56 Å². The van der Waals surface area contributed by atoms with Crippen LogP contribution in [0.25, 0.3) is 0 Å². The molecule has 2 rings (SSSR count). The van der Waals surface area contributed by atoms with Crippen molar-refractivity contribution in [1.29, 1.82) is 0 Å². The fourth-order valence-corrected chi connectivity index (χ4v) is 2.67. The lowest BCUT2D eigenvalue weighted by Gasteiger charge is -2.35. The highest BCUT2D eigenvalue weighted by molar-refractivity contribution is 5.70. The topological polar surface area (TPSA) is 49.8 Å². The molecule has 1 aliphatic rings. The van der Waals surface area contributed by atoms with Crippen LogP contribution in [0.2, 0.25) is 0 Å². The van der Waals surface area contributed by atoms with E-state index < -0.39 is 5.97 Å². The van der Waals surface area contributed by atoms with E-state index in [0.29, 0.717) is 6.54 Å². The van der Waals surface area contributed by atoms with Crippen molar-refractivity contribution in [2.75, 3.05) is 20.2 Å². The maximum absolute atomic E-state index is 11.1. The number of hydrogen-bond acceptors (Lipinski definition) is 3. The van der Waals surface area contributed by atoms with E-state index in [2.05, 4.69) is 17.9 Å². The lowest BCUT2D eigenvalue weighted by Crippen LogP contribution is -2.40. The zero-order valence-corrected chi connectivity index (χ0v) is 11.5. The zero-order chi connectivity index (χ0) is 13.8. The van der Waals surface area contributed by atoms with Gasteiger partial charge in [0.05, 0.1) is 13.0 Å². The van der Waals surface area contributed by atoms with Crippen LogP contribution in [-0.2, 0) is 4.79 Å². The highest BCUT2D eigenvalue weighted by Gasteiger charge is 2.28. The number of rotatable bonds is 4. The fourth-order valence-electron chi connectivity index (χ4n) is 2.67. The van der Waals surface area contributed by atoms with Gasteiger partial charge in [-0.05, 0) is 44.0 Å². The predicted molar refractivity (Wildman–Crippen MR) is 73.3 cm³/mol. The van der Waals surface area contributed by atoms with Crippen molar-refractivity contribution in [3.05, 3.63) is 29.8 Å². The first-order valence-corrected chi connectivity index (χ1v) is 6.72. The first-order valence-electron chi connectivity index (χ1n) is 6.72. The Kier molecular flexibility index (Phi) is 4.43. The van der Waals surface area contributed by atoms with Crippen molar-refractivity contribution in [1.82, 2.24) is 4.90 Å². The van der Waals surface area contributed by atoms with Crippen molar-refractivity contribution in [2.24, 2.45) is 5.92 Å². The number of methoxy groups -OCH3 is 1. The molecular formula is C15H21NO3. The Morgan fingerprint density at radius 2 is 2.32 bits per heavy atom. The molecule has 2 unspecified atom stereocenters. The number of nitrogens with zero attached hydrogens (tertiary/aromatic N) is 1. The normalized spacial score (nSPS) is 21.9. The van der Waals surface area contributed by atoms with Gasteiger partial charge in [0.1, 0.15) is 5.75 Å². The molecular weight excluding hydrogens is 242 g/mol. The number of carboxylic acid groups (broad SMARTS) is 1. The smallest absolute Gasteiger partial charge is 0.307 e. The monoisotopic (exact) mass is 263 g/mol. The average molecular weight is 263 g/mol. The first-order chi connectivity index (χ1) is 9.11. The van der Waals surface area contributed by atoms with Crippen LogP contribution >= 0.6 is 0 Å². The van der Waals surface area contributed by atoms with Gasteiger partial charge in [-0.15, -0.1) is 0 Å². The summed E-state index contributed by atoms with van der Waals surface area (Å²) in [5.41, 5.74) is 1.17. The molecule has 0 amide bonds. The largest absolute Gasteiger partial charge is 0.497 e. The summed E-state index contributed by atoms with van der Waals surface area (Å²) in [6.45, 7) is 3.72. The number of aliphatic carboxylic acids is 1. The molecule has 1 saturated heterocycles. The van der Waals surface area contributed by atoms with Gasteiger partial charge in [0.25, 0.3) is 0 Å². The van der Waals surface area contributed by atoms with Gasteiger partial charge in [-0.3, -0.25) is 9.69 Å². The highest BCUT2D eigenvalue weighted by Crippen LogP contribution is 2.28. The maximum atomic E-state index is 11.1. The molecule has 1 aromatic rings. The summed E-state index contributed by atoms with van der Waals surface area (Å²) in [4.78, 5) is 13.4. The number of hydrogen-bond donors (Lipinski definition) is 1. The van der Waals surface area contributed by atoms with Gasteiger partial charge in [0.15, 0.2) is 0 Å². The Labute approximate surface area is 114 Å². The van der Waals surface area contributed by atoms with Gasteiger partial charge in [-0.2, -0.15) is 0 Å². The van der Waals surface area contributed by atoms with E-state index in [1.54, 1.807) is 7.11 Å². The Morgan fingerprint density at radius 1 is 1.53 bits per heavy atom. The van der Waals surface area contributed by atoms with Gasteiger partial charge in [0, 0.05) is 12.6 Å². The number of benzene rings is 1. The summed E-state index contributed by atoms with van der Waals surface area (Å²) in [6.07, 6.45) is 1.74. The standard InChI is InChI=1S/C15H21NO3/c1-11(12-5-3-7-14(9-12)19-2)16-8-4-6-13(10-16)15(17)18/h3,5,7,9,11,13H,4,6,8,10H2,1-2H3,(H,17,18). The predicted octanol–water partition coefficient (Wildman–Crippen LogP) is 2.55. The van der Waals surface area contributed by atoms with Crippen LogP contribution in [0.4, 0.5) is 0 Å². The molecule has 4 heteroatoms. The van der Waals surface area contributed by atoms with E-state index in [1.807, 2.05) is 18.2 Å². The number of piperidine rings is 1. The molecule has 1 aromatic carbocycles. The molecule has 104 valence electrons. The van der Waals surface area contributed by atoms with Crippen LogP contribution in [0.3, 0.4) is 0 Å². The number of likely N-dealkylation sites (tertiary alicyclic amines) is 1. The van der Waals surface area contributed by atoms with Gasteiger partial charge in [-0.25, -0.2) is 0 Å². The summed E-state index contributed by atoms with van der Waals surface area (Å²) in [5.74, 6) is -0.0690. The van der Waals surface area contributed by atoms with Gasteiger partial charge >= 0.3 is 5.97 Å². The SMILES string of the molecule is COc1cccc(C(C)N2CCCC(C(=O)O)C2)c1. The van der Waals surface area contributed by atoms with Gasteiger partial charge in [0.2, 0.25) is 0 Å². The fraction of sp³-hybridized carbons (Fsp3) is 0.533. The summed E-state index contributed by atoms with van der Waals surface area (Å²) < 4.78 is 5.24. The van der Waals surface area contributed by atoms with Crippen LogP contribution in [0.1, 0.15) is 31.4 Å². The summed E-state index contributed by atoms with van der Waals surface area (Å²) in [5, 5.41) is 9.14. The van der Waals surface area contributed by atoms with E-state index in [4.69, 9.17) is 9.84 Å². The summed E-state index contributed by atoms with van der Waals surface area (Å²) in [7, 11) is 1.66. The molecule has 19 heavy (non-hydrogen) atoms. The minimum Gasteiger partial charge on any atom is -0.497 e. The number of carbonyl (C=O) groups is 1. The molecule has 0 aromatic heterocycles. The van der Waals surface area contributed by atoms with Crippen molar-refractivity contribution in [3.8, 4) is 5.75 Å². The first kappa shape index (κ1) is 13.9. The third kappa shape index (κ3) is 3.26. The Morgan fingerprint density at radius 3 is 3.00 bits per heavy atom. The van der Waals surface area contributed by atoms with E-state index >= 15 is 0 Å². The molecule has 0 bridgehead atoms. The van der Waals surface area contributed by atoms with Crippen molar-refractivity contribution >= 4 is 5.97 Å². The lowest BCUT2D eigenvalue weighted by atomic mass is 9.95. The average Bonchev–Trinajstić information content (AvgIpc) is 2.46. The number of carboxylic acids is 1. The minimum absolute atomic E-state index is 0.220. The molecule has 0 spiro atoms. The molecule has 4 nitrogen and oxygen atoms in total. The van der Waals surface area contributed by atoms with Crippen LogP contribution in [0.5, 0.6) is 5.75 Å². The Bertz CT molecular complexity index is 447. The van der Waals surface area contributed by atoms with Crippen molar-refractivity contribution < 1.29 is 14.6 Å². The van der Waals surface area contributed by atoms with Crippen LogP contribution < -0.4 is 4.74 Å². The van der Waals surface area contributed by atoms with Gasteiger partial charge < -0.3 is 9.84 Å². The third-order valence-electron chi connectivity index (χ3n) is 3.93. The molecule has 0 aliphatic carbocycles. The molecule has 1 N–H and O–H groups in total. The second-order valence-electron chi connectivity index (χ2n) is 5.12. The van der Waals surface area contributed by atoms with Crippen molar-refractivity contribution in [3.63, 3.8) is 0 Å². The van der Waals surface area contributed by atoms with Gasteiger partial charge in [-0.1, -0.05) is 12.1 Å². The molecule has 2 atom stereocenters. The number of ether oxygens (including phenoxy) is 1. The molecule has 1 fully saturated rings. The Hall–Kier alpha value is -1.55. The Balaban J connectivity index is 2.09. The van der Waals surface area contributed by atoms with Crippen LogP contribution in [0.15, 0.2) is 24.3 Å². The summed E-state index contributed by atoms with van der Waals surface area (Å²) >= 11 is 0. The third-order valence-corrected chi connectivity index (χ3v) is 3.93. The highest BCUT2D eigenvalue weighted by atomic mass is 16.5.